The van der Waals surface area contributed by atoms with Crippen molar-refractivity contribution in [2.75, 3.05) is 0 Å². The minimum atomic E-state index is -0.653. The third kappa shape index (κ3) is 3.15. The minimum Gasteiger partial charge on any atom is -0.402 e. The number of esters is 1. The van der Waals surface area contributed by atoms with Crippen LogP contribution in [0.25, 0.3) is 6.08 Å². The van der Waals surface area contributed by atoms with Gasteiger partial charge in [-0.3, -0.25) is 10.1 Å². The van der Waals surface area contributed by atoms with Crippen LogP contribution in [0.15, 0.2) is 53.2 Å². The number of aliphatic imine (C=N–C) groups is 1. The maximum Gasteiger partial charge on any atom is 0.363 e. The molecule has 8 heteroatoms. The Kier molecular flexibility index (Phi) is 4.33. The smallest absolute Gasteiger partial charge is 0.363 e. The Hall–Kier alpha value is -2.70. The molecule has 0 unspecified atom stereocenters. The number of nitro benzene ring substituents is 1. The van der Waals surface area contributed by atoms with E-state index in [1.54, 1.807) is 18.2 Å². The quantitative estimate of drug-likeness (QED) is 0.353. The van der Waals surface area contributed by atoms with Crippen LogP contribution in [0.3, 0.4) is 0 Å². The molecule has 0 saturated carbocycles. The number of ether oxygens (including phenoxy) is 1. The van der Waals surface area contributed by atoms with Crippen LogP contribution in [-0.4, -0.2) is 16.8 Å². The number of cyclic esters (lactones) is 1. The lowest BCUT2D eigenvalue weighted by Gasteiger charge is -2.00. The number of rotatable bonds is 3. The first-order valence-electron chi connectivity index (χ1n) is 6.67. The van der Waals surface area contributed by atoms with Crippen LogP contribution in [0.1, 0.15) is 11.1 Å². The second-order valence-electron chi connectivity index (χ2n) is 4.78. The van der Waals surface area contributed by atoms with Crippen LogP contribution in [0, 0.1) is 10.1 Å². The van der Waals surface area contributed by atoms with Gasteiger partial charge in [-0.1, -0.05) is 29.3 Å². The van der Waals surface area contributed by atoms with E-state index in [0.29, 0.717) is 21.2 Å². The first-order chi connectivity index (χ1) is 11.5. The molecule has 2 aromatic rings. The minimum absolute atomic E-state index is 0.0401. The fourth-order valence-corrected chi connectivity index (χ4v) is 2.55. The molecule has 0 bridgehead atoms. The molecule has 1 aliphatic heterocycles. The fourth-order valence-electron chi connectivity index (χ4n) is 2.04. The number of nitro groups is 1. The number of halogens is 2. The van der Waals surface area contributed by atoms with Gasteiger partial charge < -0.3 is 4.74 Å². The van der Waals surface area contributed by atoms with Crippen LogP contribution in [0.5, 0.6) is 0 Å². The molecule has 1 heterocycles. The van der Waals surface area contributed by atoms with Crippen LogP contribution >= 0.6 is 23.2 Å². The van der Waals surface area contributed by atoms with Crippen molar-refractivity contribution in [3.05, 3.63) is 79.4 Å². The number of non-ortho nitro benzene ring substituents is 1. The molecule has 0 aromatic heterocycles. The molecule has 3 rings (SSSR count). The summed E-state index contributed by atoms with van der Waals surface area (Å²) in [5.74, 6) is -0.594. The van der Waals surface area contributed by atoms with Crippen molar-refractivity contribution < 1.29 is 14.5 Å². The lowest BCUT2D eigenvalue weighted by atomic mass is 10.2. The van der Waals surface area contributed by atoms with Crippen molar-refractivity contribution >= 4 is 46.8 Å². The highest BCUT2D eigenvalue weighted by Crippen LogP contribution is 2.28. The van der Waals surface area contributed by atoms with Crippen molar-refractivity contribution in [2.24, 2.45) is 4.99 Å². The summed E-state index contributed by atoms with van der Waals surface area (Å²) in [7, 11) is 0. The lowest BCUT2D eigenvalue weighted by molar-refractivity contribution is -0.384. The van der Waals surface area contributed by atoms with Crippen LogP contribution in [0.2, 0.25) is 10.0 Å². The van der Waals surface area contributed by atoms with Gasteiger partial charge in [-0.25, -0.2) is 9.79 Å². The lowest BCUT2D eigenvalue weighted by Crippen LogP contribution is -2.05. The summed E-state index contributed by atoms with van der Waals surface area (Å²) in [6.07, 6.45) is 1.44. The normalized spacial score (nSPS) is 15.3. The Morgan fingerprint density at radius 1 is 1.08 bits per heavy atom. The molecular formula is C16H8Cl2N2O4. The highest BCUT2D eigenvalue weighted by atomic mass is 35.5. The van der Waals surface area contributed by atoms with E-state index in [-0.39, 0.29) is 17.3 Å². The van der Waals surface area contributed by atoms with Gasteiger partial charge in [0.2, 0.25) is 5.90 Å². The molecule has 0 amide bonds. The second kappa shape index (κ2) is 6.43. The van der Waals surface area contributed by atoms with Gasteiger partial charge in [-0.05, 0) is 30.3 Å². The Morgan fingerprint density at radius 2 is 1.71 bits per heavy atom. The van der Waals surface area contributed by atoms with E-state index in [9.17, 15) is 14.9 Å². The van der Waals surface area contributed by atoms with Gasteiger partial charge in [0.05, 0.1) is 4.92 Å². The Labute approximate surface area is 146 Å². The van der Waals surface area contributed by atoms with Crippen LogP contribution in [0.4, 0.5) is 5.69 Å². The van der Waals surface area contributed by atoms with Gasteiger partial charge in [0.1, 0.15) is 0 Å². The van der Waals surface area contributed by atoms with Crippen molar-refractivity contribution in [3.8, 4) is 0 Å². The topological polar surface area (TPSA) is 81.8 Å². The first-order valence-corrected chi connectivity index (χ1v) is 7.42. The maximum absolute atomic E-state index is 12.0. The number of hydrogen-bond acceptors (Lipinski definition) is 5. The summed E-state index contributed by atoms with van der Waals surface area (Å²) >= 11 is 12.1. The van der Waals surface area contributed by atoms with Crippen LogP contribution in [-0.2, 0) is 9.53 Å². The number of hydrogen-bond donors (Lipinski definition) is 0. The first kappa shape index (κ1) is 16.2. The van der Waals surface area contributed by atoms with Gasteiger partial charge in [0.15, 0.2) is 5.70 Å². The van der Waals surface area contributed by atoms with E-state index in [1.807, 2.05) is 0 Å². The Balaban J connectivity index is 1.96. The predicted molar refractivity (Wildman–Crippen MR) is 90.2 cm³/mol. The number of carbonyl (C=O) groups excluding carboxylic acids is 1. The van der Waals surface area contributed by atoms with Gasteiger partial charge in [-0.15, -0.1) is 0 Å². The number of nitrogens with zero attached hydrogens (tertiary/aromatic N) is 2. The largest absolute Gasteiger partial charge is 0.402 e. The third-order valence-corrected chi connectivity index (χ3v) is 3.89. The number of carbonyl (C=O) groups is 1. The summed E-state index contributed by atoms with van der Waals surface area (Å²) in [6.45, 7) is 0. The molecule has 0 N–H and O–H groups in total. The summed E-state index contributed by atoms with van der Waals surface area (Å²) in [5.41, 5.74) is 0.879. The highest BCUT2D eigenvalue weighted by Gasteiger charge is 2.25. The zero-order valence-electron chi connectivity index (χ0n) is 11.9. The van der Waals surface area contributed by atoms with E-state index in [2.05, 4.69) is 4.99 Å². The van der Waals surface area contributed by atoms with E-state index in [4.69, 9.17) is 27.9 Å². The maximum atomic E-state index is 12.0. The van der Waals surface area contributed by atoms with E-state index < -0.39 is 10.9 Å². The molecular weight excluding hydrogens is 355 g/mol. The van der Waals surface area contributed by atoms with Crippen molar-refractivity contribution in [3.63, 3.8) is 0 Å². The van der Waals surface area contributed by atoms with Gasteiger partial charge >= 0.3 is 5.97 Å². The van der Waals surface area contributed by atoms with Crippen molar-refractivity contribution in [1.82, 2.24) is 0 Å². The summed E-state index contributed by atoms with van der Waals surface area (Å²) in [5, 5.41) is 11.4. The fraction of sp³-hybridized carbons (Fsp3) is 0. The molecule has 0 aliphatic carbocycles. The Morgan fingerprint density at radius 3 is 2.29 bits per heavy atom. The molecule has 0 fully saturated rings. The average Bonchev–Trinajstić information content (AvgIpc) is 2.92. The molecule has 0 spiro atoms. The highest BCUT2D eigenvalue weighted by molar-refractivity contribution is 6.37. The zero-order chi connectivity index (χ0) is 17.3. The second-order valence-corrected chi connectivity index (χ2v) is 5.59. The predicted octanol–water partition coefficient (Wildman–Crippen LogP) is 4.25. The van der Waals surface area contributed by atoms with Crippen molar-refractivity contribution in [1.29, 1.82) is 0 Å². The number of benzene rings is 2. The standard InChI is InChI=1S/C16H8Cl2N2O4/c17-12-2-1-3-13(18)11(12)8-14-16(21)24-15(19-14)9-4-6-10(7-5-9)20(22)23/h1-8H/b14-8+. The average molecular weight is 363 g/mol. The molecule has 0 radical (unpaired) electrons. The summed E-state index contributed by atoms with van der Waals surface area (Å²) < 4.78 is 5.10. The van der Waals surface area contributed by atoms with E-state index in [1.165, 1.54) is 30.3 Å². The third-order valence-electron chi connectivity index (χ3n) is 3.23. The molecule has 24 heavy (non-hydrogen) atoms. The van der Waals surface area contributed by atoms with Gasteiger partial charge in [0.25, 0.3) is 5.69 Å². The van der Waals surface area contributed by atoms with E-state index >= 15 is 0 Å². The summed E-state index contributed by atoms with van der Waals surface area (Å²) in [6, 6.07) is 10.5. The van der Waals surface area contributed by atoms with Crippen LogP contribution < -0.4 is 0 Å². The monoisotopic (exact) mass is 362 g/mol. The molecule has 0 saturated heterocycles. The molecule has 120 valence electrons. The Bertz CT molecular complexity index is 885. The van der Waals surface area contributed by atoms with Gasteiger partial charge in [-0.2, -0.15) is 0 Å². The summed E-state index contributed by atoms with van der Waals surface area (Å²) in [4.78, 5) is 26.2. The van der Waals surface area contributed by atoms with E-state index in [0.717, 1.165) is 0 Å². The zero-order valence-corrected chi connectivity index (χ0v) is 13.4. The molecule has 0 atom stereocenters. The molecule has 6 nitrogen and oxygen atoms in total. The SMILES string of the molecule is O=C1OC(c2ccc([N+](=O)[O-])cc2)=N/C1=C/c1c(Cl)cccc1Cl. The van der Waals surface area contributed by atoms with Gasteiger partial charge in [0, 0.05) is 33.3 Å². The van der Waals surface area contributed by atoms with Crippen molar-refractivity contribution in [2.45, 2.75) is 0 Å². The molecule has 2 aromatic carbocycles. The molecule has 1 aliphatic rings.